The topological polar surface area (TPSA) is 55.6 Å². The van der Waals surface area contributed by atoms with Gasteiger partial charge in [0.1, 0.15) is 5.82 Å². The predicted octanol–water partition coefficient (Wildman–Crippen LogP) is 2.36. The molecule has 5 nitrogen and oxygen atoms in total. The average molecular weight is 251 g/mol. The first-order valence-corrected chi connectivity index (χ1v) is 6.56. The Kier molecular flexibility index (Phi) is 4.08. The van der Waals surface area contributed by atoms with Crippen LogP contribution in [-0.4, -0.2) is 25.5 Å². The van der Waals surface area contributed by atoms with E-state index in [9.17, 15) is 0 Å². The molecule has 2 rings (SSSR count). The maximum absolute atomic E-state index is 4.42. The van der Waals surface area contributed by atoms with Crippen molar-refractivity contribution in [2.75, 3.05) is 11.9 Å². The number of imidazole rings is 1. The summed E-state index contributed by atoms with van der Waals surface area (Å²) in [5, 5.41) is 4.21. The Morgan fingerprint density at radius 2 is 2.35 bits per heavy atom. The van der Waals surface area contributed by atoms with E-state index in [2.05, 4.69) is 38.1 Å². The van der Waals surface area contributed by atoms with Crippen LogP contribution in [0, 0.1) is 0 Å². The van der Waals surface area contributed by atoms with E-state index in [1.807, 2.05) is 12.5 Å². The number of rotatable bonds is 6. The van der Waals surface area contributed by atoms with Crippen LogP contribution in [0.15, 0.2) is 18.7 Å². The molecule has 0 amide bonds. The molecule has 92 valence electrons. The fourth-order valence-electron chi connectivity index (χ4n) is 1.42. The van der Waals surface area contributed by atoms with E-state index in [-0.39, 0.29) is 0 Å². The molecule has 0 spiro atoms. The lowest BCUT2D eigenvalue weighted by Crippen LogP contribution is -2.05. The van der Waals surface area contributed by atoms with Crippen LogP contribution >= 0.6 is 11.5 Å². The van der Waals surface area contributed by atoms with Gasteiger partial charge in [0.05, 0.1) is 6.33 Å². The van der Waals surface area contributed by atoms with Crippen LogP contribution in [0.3, 0.4) is 0 Å². The molecule has 0 bridgehead atoms. The number of hydrogen-bond donors (Lipinski definition) is 1. The summed E-state index contributed by atoms with van der Waals surface area (Å²) in [7, 11) is 0. The lowest BCUT2D eigenvalue weighted by Gasteiger charge is -2.03. The molecule has 2 aromatic heterocycles. The molecule has 2 heterocycles. The van der Waals surface area contributed by atoms with Gasteiger partial charge in [0, 0.05) is 42.9 Å². The van der Waals surface area contributed by atoms with Gasteiger partial charge in [0.25, 0.3) is 0 Å². The normalized spacial score (nSPS) is 11.0. The van der Waals surface area contributed by atoms with Gasteiger partial charge >= 0.3 is 0 Å². The fourth-order valence-corrected chi connectivity index (χ4v) is 2.15. The summed E-state index contributed by atoms with van der Waals surface area (Å²) >= 11 is 1.43. The SMILES string of the molecule is CC(C)c1nsc(NCCCn2ccnc2)n1. The molecule has 0 fully saturated rings. The lowest BCUT2D eigenvalue weighted by atomic mass is 10.2. The molecule has 6 heteroatoms. The van der Waals surface area contributed by atoms with Gasteiger partial charge < -0.3 is 9.88 Å². The van der Waals surface area contributed by atoms with Crippen LogP contribution in [0.25, 0.3) is 0 Å². The minimum atomic E-state index is 0.396. The first kappa shape index (κ1) is 12.0. The average Bonchev–Trinajstić information content (AvgIpc) is 2.96. The van der Waals surface area contributed by atoms with E-state index < -0.39 is 0 Å². The summed E-state index contributed by atoms with van der Waals surface area (Å²) < 4.78 is 6.37. The van der Waals surface area contributed by atoms with Gasteiger partial charge in [0.15, 0.2) is 0 Å². The van der Waals surface area contributed by atoms with E-state index in [0.29, 0.717) is 5.92 Å². The molecule has 0 aliphatic heterocycles. The molecule has 1 N–H and O–H groups in total. The standard InChI is InChI=1S/C11H17N5S/c1-9(2)10-14-11(17-15-10)13-4-3-6-16-7-5-12-8-16/h5,7-9H,3-4,6H2,1-2H3,(H,13,14,15). The van der Waals surface area contributed by atoms with Crippen molar-refractivity contribution >= 4 is 16.7 Å². The van der Waals surface area contributed by atoms with Crippen LogP contribution in [-0.2, 0) is 6.54 Å². The van der Waals surface area contributed by atoms with Crippen molar-refractivity contribution in [3.05, 3.63) is 24.5 Å². The Hall–Kier alpha value is -1.43. The number of hydrogen-bond acceptors (Lipinski definition) is 5. The molecule has 17 heavy (non-hydrogen) atoms. The summed E-state index contributed by atoms with van der Waals surface area (Å²) in [6.45, 7) is 6.09. The monoisotopic (exact) mass is 251 g/mol. The largest absolute Gasteiger partial charge is 0.360 e. The van der Waals surface area contributed by atoms with Gasteiger partial charge in [-0.25, -0.2) is 9.97 Å². The molecule has 0 saturated heterocycles. The highest BCUT2D eigenvalue weighted by Crippen LogP contribution is 2.16. The van der Waals surface area contributed by atoms with Gasteiger partial charge in [-0.1, -0.05) is 13.8 Å². The maximum atomic E-state index is 4.42. The van der Waals surface area contributed by atoms with Crippen molar-refractivity contribution in [2.24, 2.45) is 0 Å². The zero-order valence-electron chi connectivity index (χ0n) is 10.1. The number of aryl methyl sites for hydroxylation is 1. The van der Waals surface area contributed by atoms with E-state index >= 15 is 0 Å². The minimum absolute atomic E-state index is 0.396. The molecule has 0 radical (unpaired) electrons. The van der Waals surface area contributed by atoms with E-state index in [1.165, 1.54) is 11.5 Å². The van der Waals surface area contributed by atoms with Crippen molar-refractivity contribution in [3.8, 4) is 0 Å². The Morgan fingerprint density at radius 3 is 3.00 bits per heavy atom. The second kappa shape index (κ2) is 5.77. The van der Waals surface area contributed by atoms with Gasteiger partial charge in [-0.3, -0.25) is 0 Å². The summed E-state index contributed by atoms with van der Waals surface area (Å²) in [5.41, 5.74) is 0. The number of nitrogens with zero attached hydrogens (tertiary/aromatic N) is 4. The summed E-state index contributed by atoms with van der Waals surface area (Å²) in [4.78, 5) is 8.43. The van der Waals surface area contributed by atoms with Crippen LogP contribution in [0.1, 0.15) is 32.0 Å². The third-order valence-corrected chi connectivity index (χ3v) is 3.07. The van der Waals surface area contributed by atoms with Crippen molar-refractivity contribution in [3.63, 3.8) is 0 Å². The number of aromatic nitrogens is 4. The quantitative estimate of drug-likeness (QED) is 0.801. The smallest absolute Gasteiger partial charge is 0.202 e. The van der Waals surface area contributed by atoms with Gasteiger partial charge in [-0.15, -0.1) is 0 Å². The van der Waals surface area contributed by atoms with E-state index in [0.717, 1.165) is 30.5 Å². The Bertz CT molecular complexity index is 434. The molecular formula is C11H17N5S. The molecule has 2 aromatic rings. The van der Waals surface area contributed by atoms with Gasteiger partial charge in [-0.05, 0) is 6.42 Å². The van der Waals surface area contributed by atoms with Crippen LogP contribution in [0.5, 0.6) is 0 Å². The Morgan fingerprint density at radius 1 is 1.47 bits per heavy atom. The maximum Gasteiger partial charge on any atom is 0.202 e. The first-order valence-electron chi connectivity index (χ1n) is 5.79. The third kappa shape index (κ3) is 3.52. The van der Waals surface area contributed by atoms with Gasteiger partial charge in [0.2, 0.25) is 5.13 Å². The fraction of sp³-hybridized carbons (Fsp3) is 0.545. The highest BCUT2D eigenvalue weighted by molar-refractivity contribution is 7.09. The number of nitrogens with one attached hydrogen (secondary N) is 1. The van der Waals surface area contributed by atoms with Crippen molar-refractivity contribution < 1.29 is 0 Å². The zero-order valence-corrected chi connectivity index (χ0v) is 10.9. The Labute approximate surface area is 105 Å². The molecule has 0 aromatic carbocycles. The van der Waals surface area contributed by atoms with Gasteiger partial charge in [-0.2, -0.15) is 4.37 Å². The zero-order chi connectivity index (χ0) is 12.1. The summed E-state index contributed by atoms with van der Waals surface area (Å²) in [6.07, 6.45) is 6.66. The summed E-state index contributed by atoms with van der Waals surface area (Å²) in [6, 6.07) is 0. The second-order valence-corrected chi connectivity index (χ2v) is 4.95. The first-order chi connectivity index (χ1) is 8.25. The van der Waals surface area contributed by atoms with Crippen molar-refractivity contribution in [1.29, 1.82) is 0 Å². The van der Waals surface area contributed by atoms with Crippen LogP contribution in [0.2, 0.25) is 0 Å². The number of anilines is 1. The van der Waals surface area contributed by atoms with Crippen LogP contribution in [0.4, 0.5) is 5.13 Å². The molecule has 0 aliphatic rings. The predicted molar refractivity (Wildman–Crippen MR) is 69.3 cm³/mol. The van der Waals surface area contributed by atoms with Crippen molar-refractivity contribution in [2.45, 2.75) is 32.7 Å². The van der Waals surface area contributed by atoms with E-state index in [4.69, 9.17) is 0 Å². The molecular weight excluding hydrogens is 234 g/mol. The Balaban J connectivity index is 1.71. The lowest BCUT2D eigenvalue weighted by molar-refractivity contribution is 0.660. The van der Waals surface area contributed by atoms with E-state index in [1.54, 1.807) is 6.20 Å². The highest BCUT2D eigenvalue weighted by atomic mass is 32.1. The molecule has 0 unspecified atom stereocenters. The van der Waals surface area contributed by atoms with Crippen LogP contribution < -0.4 is 5.32 Å². The molecule has 0 atom stereocenters. The molecule has 0 saturated carbocycles. The minimum Gasteiger partial charge on any atom is -0.360 e. The summed E-state index contributed by atoms with van der Waals surface area (Å²) in [5.74, 6) is 1.32. The second-order valence-electron chi connectivity index (χ2n) is 4.19. The van der Waals surface area contributed by atoms with Crippen molar-refractivity contribution in [1.82, 2.24) is 18.9 Å². The third-order valence-electron chi connectivity index (χ3n) is 2.39. The molecule has 0 aliphatic carbocycles. The highest BCUT2D eigenvalue weighted by Gasteiger charge is 2.06.